The number of aromatic nitrogens is 4. The molecule has 2 aromatic rings. The maximum absolute atomic E-state index is 5.55. The first-order valence-electron chi connectivity index (χ1n) is 5.17. The highest BCUT2D eigenvalue weighted by atomic mass is 16.5. The second-order valence-electron chi connectivity index (χ2n) is 3.39. The van der Waals surface area contributed by atoms with Crippen LogP contribution in [0.1, 0.15) is 0 Å². The van der Waals surface area contributed by atoms with Crippen molar-refractivity contribution in [2.75, 3.05) is 24.7 Å². The van der Waals surface area contributed by atoms with Crippen LogP contribution in [0.2, 0.25) is 0 Å². The normalized spacial score (nSPS) is 10.2. The van der Waals surface area contributed by atoms with Crippen molar-refractivity contribution in [2.45, 2.75) is 6.54 Å². The molecule has 0 atom stereocenters. The lowest BCUT2D eigenvalue weighted by Crippen LogP contribution is -2.12. The van der Waals surface area contributed by atoms with E-state index in [1.54, 1.807) is 36.4 Å². The third-order valence-corrected chi connectivity index (χ3v) is 2.12. The molecule has 0 aliphatic rings. The Morgan fingerprint density at radius 2 is 2.41 bits per heavy atom. The third-order valence-electron chi connectivity index (χ3n) is 2.12. The van der Waals surface area contributed by atoms with Gasteiger partial charge in [0, 0.05) is 25.0 Å². The van der Waals surface area contributed by atoms with E-state index in [1.165, 1.54) is 0 Å². The van der Waals surface area contributed by atoms with Crippen molar-refractivity contribution in [3.63, 3.8) is 0 Å². The summed E-state index contributed by atoms with van der Waals surface area (Å²) in [6.07, 6.45) is 5.02. The highest BCUT2D eigenvalue weighted by Crippen LogP contribution is 2.06. The Kier molecular flexibility index (Phi) is 3.39. The Balaban J connectivity index is 1.85. The molecular weight excluding hydrogens is 220 g/mol. The summed E-state index contributed by atoms with van der Waals surface area (Å²) in [5.74, 6) is 1.07. The number of hydrogen-bond acceptors (Lipinski definition) is 6. The van der Waals surface area contributed by atoms with E-state index in [-0.39, 0.29) is 0 Å². The van der Waals surface area contributed by atoms with Crippen LogP contribution in [0.3, 0.4) is 0 Å². The van der Waals surface area contributed by atoms with Crippen LogP contribution in [0.15, 0.2) is 24.7 Å². The molecule has 3 N–H and O–H groups in total. The van der Waals surface area contributed by atoms with Gasteiger partial charge in [-0.3, -0.25) is 4.68 Å². The summed E-state index contributed by atoms with van der Waals surface area (Å²) in [5.41, 5.74) is 6.21. The van der Waals surface area contributed by atoms with Crippen molar-refractivity contribution in [2.24, 2.45) is 0 Å². The quantitative estimate of drug-likeness (QED) is 0.777. The highest BCUT2D eigenvalue weighted by molar-refractivity contribution is 5.30. The Hall–Kier alpha value is -2.31. The van der Waals surface area contributed by atoms with Gasteiger partial charge in [0.1, 0.15) is 0 Å². The lowest BCUT2D eigenvalue weighted by Gasteiger charge is -2.05. The molecule has 7 heteroatoms. The summed E-state index contributed by atoms with van der Waals surface area (Å²) < 4.78 is 6.75. The minimum absolute atomic E-state index is 0.532. The summed E-state index contributed by atoms with van der Waals surface area (Å²) in [5, 5.41) is 7.14. The average molecular weight is 234 g/mol. The van der Waals surface area contributed by atoms with Crippen LogP contribution in [0.5, 0.6) is 5.88 Å². The molecule has 0 unspecified atom stereocenters. The minimum Gasteiger partial charge on any atom is -0.481 e. The molecule has 2 rings (SSSR count). The van der Waals surface area contributed by atoms with Crippen LogP contribution in [-0.4, -0.2) is 33.4 Å². The van der Waals surface area contributed by atoms with E-state index in [0.717, 1.165) is 0 Å². The van der Waals surface area contributed by atoms with Gasteiger partial charge in [0.2, 0.25) is 11.8 Å². The zero-order valence-electron chi connectivity index (χ0n) is 9.50. The first kappa shape index (κ1) is 11.2. The van der Waals surface area contributed by atoms with E-state index in [0.29, 0.717) is 30.6 Å². The van der Waals surface area contributed by atoms with Crippen molar-refractivity contribution in [1.29, 1.82) is 0 Å². The molecule has 0 aliphatic heterocycles. The molecule has 0 aliphatic carbocycles. The lowest BCUT2D eigenvalue weighted by molar-refractivity contribution is 0.397. The van der Waals surface area contributed by atoms with Crippen molar-refractivity contribution in [3.8, 4) is 5.88 Å². The van der Waals surface area contributed by atoms with Gasteiger partial charge in [0.05, 0.1) is 25.5 Å². The maximum Gasteiger partial charge on any atom is 0.226 e. The molecule has 0 saturated carbocycles. The third kappa shape index (κ3) is 3.07. The number of nitrogens with two attached hydrogens (primary N) is 1. The topological polar surface area (TPSA) is 90.9 Å². The molecule has 0 bridgehead atoms. The number of anilines is 2. The minimum atomic E-state index is 0.532. The second-order valence-corrected chi connectivity index (χ2v) is 3.39. The fourth-order valence-corrected chi connectivity index (χ4v) is 1.33. The van der Waals surface area contributed by atoms with E-state index in [1.807, 2.05) is 0 Å². The highest BCUT2D eigenvalue weighted by Gasteiger charge is 1.99. The van der Waals surface area contributed by atoms with Crippen LogP contribution in [0.4, 0.5) is 11.6 Å². The molecule has 17 heavy (non-hydrogen) atoms. The molecule has 90 valence electrons. The Morgan fingerprint density at radius 3 is 3.12 bits per heavy atom. The molecule has 0 saturated heterocycles. The van der Waals surface area contributed by atoms with E-state index in [9.17, 15) is 0 Å². The molecule has 0 spiro atoms. The molecule has 0 radical (unpaired) electrons. The molecule has 7 nitrogen and oxygen atoms in total. The average Bonchev–Trinajstić information content (AvgIpc) is 2.75. The van der Waals surface area contributed by atoms with Gasteiger partial charge in [-0.2, -0.15) is 10.1 Å². The van der Waals surface area contributed by atoms with Gasteiger partial charge in [-0.05, 0) is 0 Å². The zero-order valence-corrected chi connectivity index (χ0v) is 9.50. The molecule has 0 fully saturated rings. The van der Waals surface area contributed by atoms with E-state index in [2.05, 4.69) is 20.4 Å². The van der Waals surface area contributed by atoms with Gasteiger partial charge in [0.15, 0.2) is 0 Å². The van der Waals surface area contributed by atoms with Crippen LogP contribution in [0, 0.1) is 0 Å². The van der Waals surface area contributed by atoms with E-state index in [4.69, 9.17) is 10.5 Å². The van der Waals surface area contributed by atoms with Crippen molar-refractivity contribution in [3.05, 3.63) is 24.7 Å². The maximum atomic E-state index is 5.55. The number of ether oxygens (including phenoxy) is 1. The number of nitrogen functional groups attached to an aromatic ring is 1. The van der Waals surface area contributed by atoms with Crippen molar-refractivity contribution >= 4 is 11.6 Å². The smallest absolute Gasteiger partial charge is 0.226 e. The van der Waals surface area contributed by atoms with Crippen LogP contribution in [-0.2, 0) is 6.54 Å². The fourth-order valence-electron chi connectivity index (χ4n) is 1.33. The molecule has 0 amide bonds. The standard InChI is InChI=1S/C10H14N6O/c1-17-9-2-3-12-10(15-9)13-4-5-16-7-8(11)6-14-16/h2-3,6-7H,4-5,11H2,1H3,(H,12,13,15). The number of nitrogens with one attached hydrogen (secondary N) is 1. The first-order valence-corrected chi connectivity index (χ1v) is 5.17. The number of nitrogens with zero attached hydrogens (tertiary/aromatic N) is 4. The van der Waals surface area contributed by atoms with Crippen molar-refractivity contribution in [1.82, 2.24) is 19.7 Å². The fraction of sp³-hybridized carbons (Fsp3) is 0.300. The molecule has 0 aromatic carbocycles. The largest absolute Gasteiger partial charge is 0.481 e. The summed E-state index contributed by atoms with van der Waals surface area (Å²) in [6, 6.07) is 1.69. The molecule has 2 aromatic heterocycles. The van der Waals surface area contributed by atoms with Crippen LogP contribution in [0.25, 0.3) is 0 Å². The first-order chi connectivity index (χ1) is 8.28. The summed E-state index contributed by atoms with van der Waals surface area (Å²) in [6.45, 7) is 1.35. The molecular formula is C10H14N6O. The predicted molar refractivity (Wildman–Crippen MR) is 63.7 cm³/mol. The van der Waals surface area contributed by atoms with E-state index < -0.39 is 0 Å². The second kappa shape index (κ2) is 5.15. The Morgan fingerprint density at radius 1 is 1.53 bits per heavy atom. The van der Waals surface area contributed by atoms with E-state index >= 15 is 0 Å². The number of methoxy groups -OCH3 is 1. The summed E-state index contributed by atoms with van der Waals surface area (Å²) in [7, 11) is 1.57. The summed E-state index contributed by atoms with van der Waals surface area (Å²) in [4.78, 5) is 8.20. The summed E-state index contributed by atoms with van der Waals surface area (Å²) >= 11 is 0. The van der Waals surface area contributed by atoms with Gasteiger partial charge in [-0.25, -0.2) is 4.98 Å². The number of rotatable bonds is 5. The molecule has 2 heterocycles. The van der Waals surface area contributed by atoms with Gasteiger partial charge >= 0.3 is 0 Å². The van der Waals surface area contributed by atoms with Gasteiger partial charge in [-0.15, -0.1) is 0 Å². The number of hydrogen-bond donors (Lipinski definition) is 2. The SMILES string of the molecule is COc1ccnc(NCCn2cc(N)cn2)n1. The monoisotopic (exact) mass is 234 g/mol. The van der Waals surface area contributed by atoms with Crippen molar-refractivity contribution < 1.29 is 4.74 Å². The van der Waals surface area contributed by atoms with Gasteiger partial charge < -0.3 is 15.8 Å². The van der Waals surface area contributed by atoms with Gasteiger partial charge in [0.25, 0.3) is 0 Å². The zero-order chi connectivity index (χ0) is 12.1. The van der Waals surface area contributed by atoms with Gasteiger partial charge in [-0.1, -0.05) is 0 Å². The van der Waals surface area contributed by atoms with Crippen LogP contribution >= 0.6 is 0 Å². The Bertz CT molecular complexity index is 483. The Labute approximate surface area is 98.6 Å². The van der Waals surface area contributed by atoms with Crippen LogP contribution < -0.4 is 15.8 Å². The lowest BCUT2D eigenvalue weighted by atomic mass is 10.6. The predicted octanol–water partition coefficient (Wildman–Crippen LogP) is 0.376.